The Balaban J connectivity index is 1.91. The van der Waals surface area contributed by atoms with Gasteiger partial charge in [0.15, 0.2) is 9.84 Å². The summed E-state index contributed by atoms with van der Waals surface area (Å²) in [4.78, 5) is 38.4. The predicted octanol–water partition coefficient (Wildman–Crippen LogP) is 0.578. The smallest absolute Gasteiger partial charge is 0.318 e. The zero-order valence-electron chi connectivity index (χ0n) is 17.5. The van der Waals surface area contributed by atoms with Crippen LogP contribution < -0.4 is 16.2 Å². The fraction of sp³-hybridized carbons (Fsp3) is 0.450. The maximum atomic E-state index is 12.5. The molecule has 1 aliphatic rings. The fourth-order valence-corrected chi connectivity index (χ4v) is 3.80. The normalized spacial score (nSPS) is 15.5. The van der Waals surface area contributed by atoms with E-state index < -0.39 is 27.7 Å². The highest BCUT2D eigenvalue weighted by Crippen LogP contribution is 2.11. The summed E-state index contributed by atoms with van der Waals surface area (Å²) < 4.78 is 29.5. The maximum Gasteiger partial charge on any atom is 0.318 e. The summed E-state index contributed by atoms with van der Waals surface area (Å²) in [5.41, 5.74) is 4.37. The average Bonchev–Trinajstić information content (AvgIpc) is 2.76. The average molecular weight is 453 g/mol. The summed E-state index contributed by atoms with van der Waals surface area (Å²) in [6, 6.07) is 6.38. The highest BCUT2D eigenvalue weighted by molar-refractivity contribution is 7.94. The van der Waals surface area contributed by atoms with E-state index in [0.29, 0.717) is 32.7 Å². The molecular formula is C20H28N4O6S. The number of nitrogens with one attached hydrogen (secondary N) is 3. The van der Waals surface area contributed by atoms with Crippen molar-refractivity contribution in [3.05, 3.63) is 41.8 Å². The lowest BCUT2D eigenvalue weighted by atomic mass is 10.0. The highest BCUT2D eigenvalue weighted by Gasteiger charge is 2.25. The number of morpholine rings is 1. The van der Waals surface area contributed by atoms with Crippen LogP contribution >= 0.6 is 0 Å². The minimum absolute atomic E-state index is 0.0471. The Morgan fingerprint density at radius 1 is 1.10 bits per heavy atom. The molecule has 0 spiro atoms. The Labute approximate surface area is 181 Å². The molecule has 1 saturated heterocycles. The Bertz CT molecular complexity index is 896. The number of urea groups is 1. The molecule has 0 aromatic heterocycles. The molecule has 170 valence electrons. The Morgan fingerprint density at radius 3 is 2.35 bits per heavy atom. The number of hydrazine groups is 1. The number of hydrogen-bond acceptors (Lipinski definition) is 6. The number of rotatable bonds is 7. The van der Waals surface area contributed by atoms with Gasteiger partial charge in [0.05, 0.1) is 18.1 Å². The molecule has 1 heterocycles. The number of nitrogens with zero attached hydrogens (tertiary/aromatic N) is 1. The number of ether oxygens (including phenoxy) is 1. The fourth-order valence-electron chi connectivity index (χ4n) is 2.80. The van der Waals surface area contributed by atoms with Gasteiger partial charge < -0.3 is 15.0 Å². The second-order valence-corrected chi connectivity index (χ2v) is 9.20. The first-order valence-electron chi connectivity index (χ1n) is 9.90. The van der Waals surface area contributed by atoms with Crippen LogP contribution in [0, 0.1) is 5.92 Å². The van der Waals surface area contributed by atoms with Crippen LogP contribution in [-0.4, -0.2) is 63.5 Å². The van der Waals surface area contributed by atoms with Gasteiger partial charge in [-0.05, 0) is 24.5 Å². The van der Waals surface area contributed by atoms with Crippen molar-refractivity contribution in [2.45, 2.75) is 31.2 Å². The molecule has 3 N–H and O–H groups in total. The lowest BCUT2D eigenvalue weighted by molar-refractivity contribution is -0.128. The van der Waals surface area contributed by atoms with E-state index in [1.807, 2.05) is 13.8 Å². The van der Waals surface area contributed by atoms with Gasteiger partial charge in [0, 0.05) is 24.6 Å². The molecule has 1 aliphatic heterocycles. The summed E-state index contributed by atoms with van der Waals surface area (Å²) in [5, 5.41) is 3.43. The van der Waals surface area contributed by atoms with E-state index in [4.69, 9.17) is 4.74 Å². The van der Waals surface area contributed by atoms with E-state index in [9.17, 15) is 22.8 Å². The molecule has 1 aromatic carbocycles. The van der Waals surface area contributed by atoms with Gasteiger partial charge in [-0.2, -0.15) is 0 Å². The van der Waals surface area contributed by atoms with E-state index in [0.717, 1.165) is 11.5 Å². The van der Waals surface area contributed by atoms with Crippen LogP contribution in [0.1, 0.15) is 20.3 Å². The van der Waals surface area contributed by atoms with Gasteiger partial charge in [-0.3, -0.25) is 20.4 Å². The number of carbonyl (C=O) groups is 3. The van der Waals surface area contributed by atoms with Gasteiger partial charge in [-0.15, -0.1) is 0 Å². The third-order valence-corrected chi connectivity index (χ3v) is 5.82. The minimum atomic E-state index is -3.78. The second-order valence-electron chi connectivity index (χ2n) is 7.37. The summed E-state index contributed by atoms with van der Waals surface area (Å²) in [6.45, 7) is 5.53. The molecule has 1 atom stereocenters. The zero-order valence-corrected chi connectivity index (χ0v) is 18.4. The largest absolute Gasteiger partial charge is 0.378 e. The Kier molecular flexibility index (Phi) is 9.01. The number of amides is 4. The molecule has 4 amide bonds. The van der Waals surface area contributed by atoms with Crippen LogP contribution in [0.25, 0.3) is 0 Å². The summed E-state index contributed by atoms with van der Waals surface area (Å²) in [5.74, 6) is -1.33. The molecule has 2 rings (SSSR count). The summed E-state index contributed by atoms with van der Waals surface area (Å²) in [6.07, 6.45) is 1.17. The van der Waals surface area contributed by atoms with Gasteiger partial charge in [0.2, 0.25) is 0 Å². The van der Waals surface area contributed by atoms with Crippen molar-refractivity contribution < 1.29 is 27.5 Å². The predicted molar refractivity (Wildman–Crippen MR) is 113 cm³/mol. The number of benzene rings is 1. The molecule has 1 fully saturated rings. The standard InChI is InChI=1S/C20H28N4O6S/c1-15(2)14-17(21-20(27)24-9-11-30-12-10-24)19(26)23-22-18(25)8-13-31(28,29)16-6-4-3-5-7-16/h3-8,13,15,17H,9-12,14H2,1-2H3,(H,21,27)(H,22,25)(H,23,26)/b13-8+/t17-/m0/s1. The summed E-state index contributed by atoms with van der Waals surface area (Å²) in [7, 11) is -3.78. The molecule has 0 saturated carbocycles. The lowest BCUT2D eigenvalue weighted by Crippen LogP contribution is -2.56. The van der Waals surface area contributed by atoms with Crippen LogP contribution in [0.15, 0.2) is 46.7 Å². The molecule has 0 bridgehead atoms. The van der Waals surface area contributed by atoms with E-state index >= 15 is 0 Å². The van der Waals surface area contributed by atoms with Gasteiger partial charge >= 0.3 is 6.03 Å². The molecule has 0 aliphatic carbocycles. The first-order chi connectivity index (χ1) is 14.7. The van der Waals surface area contributed by atoms with E-state index in [2.05, 4.69) is 16.2 Å². The first-order valence-corrected chi connectivity index (χ1v) is 11.4. The molecule has 11 heteroatoms. The first kappa shape index (κ1) is 24.4. The van der Waals surface area contributed by atoms with Crippen molar-refractivity contribution in [2.75, 3.05) is 26.3 Å². The van der Waals surface area contributed by atoms with Crippen LogP contribution in [0.2, 0.25) is 0 Å². The molecule has 0 unspecified atom stereocenters. The van der Waals surface area contributed by atoms with Crippen LogP contribution in [0.5, 0.6) is 0 Å². The van der Waals surface area contributed by atoms with Crippen molar-refractivity contribution in [2.24, 2.45) is 5.92 Å². The van der Waals surface area contributed by atoms with E-state index in [1.54, 1.807) is 23.1 Å². The third kappa shape index (κ3) is 8.02. The Morgan fingerprint density at radius 2 is 1.74 bits per heavy atom. The van der Waals surface area contributed by atoms with Gasteiger partial charge in [0.25, 0.3) is 11.8 Å². The number of hydrogen-bond donors (Lipinski definition) is 3. The topological polar surface area (TPSA) is 134 Å². The van der Waals surface area contributed by atoms with Crippen molar-refractivity contribution in [3.8, 4) is 0 Å². The molecule has 0 radical (unpaired) electrons. The molecule has 10 nitrogen and oxygen atoms in total. The van der Waals surface area contributed by atoms with Gasteiger partial charge in [-0.25, -0.2) is 13.2 Å². The molecular weight excluding hydrogens is 424 g/mol. The summed E-state index contributed by atoms with van der Waals surface area (Å²) >= 11 is 0. The van der Waals surface area contributed by atoms with Crippen molar-refractivity contribution in [3.63, 3.8) is 0 Å². The maximum absolute atomic E-state index is 12.5. The molecule has 31 heavy (non-hydrogen) atoms. The third-order valence-electron chi connectivity index (χ3n) is 4.40. The van der Waals surface area contributed by atoms with Crippen molar-refractivity contribution in [1.29, 1.82) is 0 Å². The number of sulfone groups is 1. The minimum Gasteiger partial charge on any atom is -0.378 e. The van der Waals surface area contributed by atoms with Crippen LogP contribution in [0.4, 0.5) is 4.79 Å². The quantitative estimate of drug-likeness (QED) is 0.409. The monoisotopic (exact) mass is 452 g/mol. The van der Waals surface area contributed by atoms with Crippen molar-refractivity contribution >= 4 is 27.7 Å². The zero-order chi connectivity index (χ0) is 22.9. The van der Waals surface area contributed by atoms with Gasteiger partial charge in [-0.1, -0.05) is 32.0 Å². The highest BCUT2D eigenvalue weighted by atomic mass is 32.2. The van der Waals surface area contributed by atoms with Crippen LogP contribution in [-0.2, 0) is 24.2 Å². The SMILES string of the molecule is CC(C)C[C@H](NC(=O)N1CCOCC1)C(=O)NNC(=O)/C=C/S(=O)(=O)c1ccccc1. The van der Waals surface area contributed by atoms with Crippen LogP contribution in [0.3, 0.4) is 0 Å². The number of carbonyl (C=O) groups excluding carboxylic acids is 3. The van der Waals surface area contributed by atoms with Crippen molar-refractivity contribution in [1.82, 2.24) is 21.1 Å². The van der Waals surface area contributed by atoms with E-state index in [1.165, 1.54) is 12.1 Å². The Hall–Kier alpha value is -2.92. The lowest BCUT2D eigenvalue weighted by Gasteiger charge is -2.29. The second kappa shape index (κ2) is 11.5. The van der Waals surface area contributed by atoms with E-state index in [-0.39, 0.29) is 16.8 Å². The molecule has 1 aromatic rings. The van der Waals surface area contributed by atoms with Gasteiger partial charge in [0.1, 0.15) is 6.04 Å².